The maximum atomic E-state index is 12.9. The molecule has 2 aliphatic rings. The van der Waals surface area contributed by atoms with Crippen LogP contribution in [0.4, 0.5) is 0 Å². The van der Waals surface area contributed by atoms with Crippen LogP contribution in [0.5, 0.6) is 0 Å². The van der Waals surface area contributed by atoms with Gasteiger partial charge < -0.3 is 10.2 Å². The van der Waals surface area contributed by atoms with Crippen molar-refractivity contribution in [3.63, 3.8) is 0 Å². The van der Waals surface area contributed by atoms with E-state index in [9.17, 15) is 9.59 Å². The summed E-state index contributed by atoms with van der Waals surface area (Å²) in [5, 5.41) is 2.94. The number of piperazine rings is 1. The molecule has 2 fully saturated rings. The van der Waals surface area contributed by atoms with Crippen molar-refractivity contribution in [1.29, 1.82) is 0 Å². The van der Waals surface area contributed by atoms with Gasteiger partial charge in [0.15, 0.2) is 0 Å². The molecule has 0 spiro atoms. The van der Waals surface area contributed by atoms with Gasteiger partial charge in [0.2, 0.25) is 11.8 Å². The fourth-order valence-electron chi connectivity index (χ4n) is 3.87. The van der Waals surface area contributed by atoms with Crippen molar-refractivity contribution in [2.75, 3.05) is 0 Å². The third-order valence-corrected chi connectivity index (χ3v) is 4.94. The van der Waals surface area contributed by atoms with Gasteiger partial charge in [-0.15, -0.1) is 0 Å². The number of rotatable bonds is 4. The van der Waals surface area contributed by atoms with Crippen LogP contribution in [0.2, 0.25) is 0 Å². The predicted molar refractivity (Wildman–Crippen MR) is 83.7 cm³/mol. The Bertz CT molecular complexity index is 417. The lowest BCUT2D eigenvalue weighted by Crippen LogP contribution is -2.65. The fraction of sp³-hybridized carbons (Fsp3) is 0.882. The zero-order valence-corrected chi connectivity index (χ0v) is 14.1. The van der Waals surface area contributed by atoms with E-state index in [2.05, 4.69) is 33.0 Å². The average molecular weight is 294 g/mol. The van der Waals surface area contributed by atoms with E-state index in [0.29, 0.717) is 12.3 Å². The molecule has 3 atom stereocenters. The van der Waals surface area contributed by atoms with E-state index >= 15 is 0 Å². The number of carbonyl (C=O) groups excluding carboxylic acids is 2. The molecule has 1 N–H and O–H groups in total. The molecule has 1 aliphatic heterocycles. The maximum Gasteiger partial charge on any atom is 0.246 e. The molecule has 2 rings (SSSR count). The maximum absolute atomic E-state index is 12.9. The van der Waals surface area contributed by atoms with E-state index < -0.39 is 0 Å². The third kappa shape index (κ3) is 3.41. The van der Waals surface area contributed by atoms with Crippen molar-refractivity contribution in [3.05, 3.63) is 0 Å². The summed E-state index contributed by atoms with van der Waals surface area (Å²) in [7, 11) is 0. The van der Waals surface area contributed by atoms with Gasteiger partial charge in [-0.05, 0) is 43.4 Å². The molecule has 120 valence electrons. The van der Waals surface area contributed by atoms with Crippen LogP contribution in [0.3, 0.4) is 0 Å². The molecule has 0 radical (unpaired) electrons. The highest BCUT2D eigenvalue weighted by Gasteiger charge is 2.46. The molecule has 1 aliphatic carbocycles. The van der Waals surface area contributed by atoms with Gasteiger partial charge >= 0.3 is 0 Å². The van der Waals surface area contributed by atoms with Crippen LogP contribution >= 0.6 is 0 Å². The fourth-order valence-corrected chi connectivity index (χ4v) is 3.87. The van der Waals surface area contributed by atoms with Crippen LogP contribution in [-0.4, -0.2) is 34.8 Å². The molecule has 1 heterocycles. The van der Waals surface area contributed by atoms with Gasteiger partial charge in [0.05, 0.1) is 0 Å². The van der Waals surface area contributed by atoms with Gasteiger partial charge in [-0.3, -0.25) is 9.59 Å². The second-order valence-corrected chi connectivity index (χ2v) is 7.92. The van der Waals surface area contributed by atoms with Gasteiger partial charge in [-0.2, -0.15) is 0 Å². The van der Waals surface area contributed by atoms with Crippen molar-refractivity contribution in [2.45, 2.75) is 84.8 Å². The molecule has 0 aromatic heterocycles. The highest BCUT2D eigenvalue weighted by Crippen LogP contribution is 2.41. The largest absolute Gasteiger partial charge is 0.342 e. The summed E-state index contributed by atoms with van der Waals surface area (Å²) in [6, 6.07) is -0.373. The molecule has 0 bridgehead atoms. The third-order valence-electron chi connectivity index (χ3n) is 4.94. The molecular weight excluding hydrogens is 264 g/mol. The summed E-state index contributed by atoms with van der Waals surface area (Å²) in [6.45, 7) is 10.7. The number of nitrogens with zero attached hydrogens (tertiary/aromatic N) is 1. The summed E-state index contributed by atoms with van der Waals surface area (Å²) >= 11 is 0. The zero-order chi connectivity index (χ0) is 15.8. The van der Waals surface area contributed by atoms with Gasteiger partial charge in [0.25, 0.3) is 0 Å². The van der Waals surface area contributed by atoms with Crippen LogP contribution in [0, 0.1) is 11.3 Å². The first-order valence-corrected chi connectivity index (χ1v) is 8.37. The van der Waals surface area contributed by atoms with Crippen molar-refractivity contribution in [2.24, 2.45) is 11.3 Å². The Balaban J connectivity index is 2.21. The van der Waals surface area contributed by atoms with E-state index in [1.54, 1.807) is 0 Å². The number of carbonyl (C=O) groups is 2. The molecule has 0 aromatic rings. The predicted octanol–water partition coefficient (Wildman–Crippen LogP) is 2.72. The summed E-state index contributed by atoms with van der Waals surface area (Å²) in [4.78, 5) is 27.2. The van der Waals surface area contributed by atoms with Crippen molar-refractivity contribution < 1.29 is 9.59 Å². The van der Waals surface area contributed by atoms with Crippen molar-refractivity contribution in [1.82, 2.24) is 10.2 Å². The summed E-state index contributed by atoms with van der Waals surface area (Å²) in [5.41, 5.74) is 0.282. The Hall–Kier alpha value is -1.06. The highest BCUT2D eigenvalue weighted by molar-refractivity contribution is 5.97. The Morgan fingerprint density at radius 1 is 1.33 bits per heavy atom. The first-order valence-electron chi connectivity index (χ1n) is 8.37. The SMILES string of the molecule is CCC1C(=O)NC(CC(C)C)C(=O)N1C1CCC(C)(C)C1. The minimum Gasteiger partial charge on any atom is -0.342 e. The highest BCUT2D eigenvalue weighted by atomic mass is 16.2. The monoisotopic (exact) mass is 294 g/mol. The molecule has 0 aromatic carbocycles. The molecule has 3 unspecified atom stereocenters. The molecule has 1 saturated heterocycles. The van der Waals surface area contributed by atoms with Gasteiger partial charge in [0, 0.05) is 6.04 Å². The minimum atomic E-state index is -0.330. The van der Waals surface area contributed by atoms with Crippen LogP contribution in [0.15, 0.2) is 0 Å². The van der Waals surface area contributed by atoms with Crippen LogP contribution in [0.25, 0.3) is 0 Å². The summed E-state index contributed by atoms with van der Waals surface area (Å²) < 4.78 is 0. The lowest BCUT2D eigenvalue weighted by molar-refractivity contribution is -0.152. The Morgan fingerprint density at radius 3 is 2.48 bits per heavy atom. The van der Waals surface area contributed by atoms with E-state index in [0.717, 1.165) is 25.7 Å². The van der Waals surface area contributed by atoms with Gasteiger partial charge in [-0.1, -0.05) is 34.6 Å². The normalized spacial score (nSPS) is 32.7. The minimum absolute atomic E-state index is 0.0347. The number of nitrogens with one attached hydrogen (secondary N) is 1. The van der Waals surface area contributed by atoms with E-state index in [1.165, 1.54) is 0 Å². The summed E-state index contributed by atoms with van der Waals surface area (Å²) in [5.74, 6) is 0.574. The van der Waals surface area contributed by atoms with Crippen LogP contribution in [0.1, 0.15) is 66.7 Å². The van der Waals surface area contributed by atoms with E-state index in [-0.39, 0.29) is 35.4 Å². The second-order valence-electron chi connectivity index (χ2n) is 7.92. The Labute approximate surface area is 128 Å². The molecule has 2 amide bonds. The molecular formula is C17H30N2O2. The van der Waals surface area contributed by atoms with Gasteiger partial charge in [-0.25, -0.2) is 0 Å². The second kappa shape index (κ2) is 5.98. The van der Waals surface area contributed by atoms with E-state index in [4.69, 9.17) is 0 Å². The number of amides is 2. The standard InChI is InChI=1S/C17H30N2O2/c1-6-14-15(20)18-13(9-11(2)3)16(21)19(14)12-7-8-17(4,5)10-12/h11-14H,6-10H2,1-5H3,(H,18,20). The Morgan fingerprint density at radius 2 is 2.00 bits per heavy atom. The van der Waals surface area contributed by atoms with E-state index in [1.807, 2.05) is 11.8 Å². The smallest absolute Gasteiger partial charge is 0.246 e. The molecule has 1 saturated carbocycles. The lowest BCUT2D eigenvalue weighted by Gasteiger charge is -2.43. The van der Waals surface area contributed by atoms with Crippen molar-refractivity contribution >= 4 is 11.8 Å². The molecule has 4 nitrogen and oxygen atoms in total. The topological polar surface area (TPSA) is 49.4 Å². The van der Waals surface area contributed by atoms with Gasteiger partial charge in [0.1, 0.15) is 12.1 Å². The zero-order valence-electron chi connectivity index (χ0n) is 14.1. The average Bonchev–Trinajstić information content (AvgIpc) is 2.72. The lowest BCUT2D eigenvalue weighted by atomic mass is 9.90. The first-order chi connectivity index (χ1) is 9.75. The molecule has 4 heteroatoms. The first kappa shape index (κ1) is 16.3. The van der Waals surface area contributed by atoms with Crippen LogP contribution < -0.4 is 5.32 Å². The number of hydrogen-bond acceptors (Lipinski definition) is 2. The van der Waals surface area contributed by atoms with Crippen molar-refractivity contribution in [3.8, 4) is 0 Å². The Kier molecular flexibility index (Phi) is 4.64. The molecule has 21 heavy (non-hydrogen) atoms. The van der Waals surface area contributed by atoms with Crippen LogP contribution in [-0.2, 0) is 9.59 Å². The summed E-state index contributed by atoms with van der Waals surface area (Å²) in [6.07, 6.45) is 4.60. The number of hydrogen-bond donors (Lipinski definition) is 1. The quantitative estimate of drug-likeness (QED) is 0.866.